The summed E-state index contributed by atoms with van der Waals surface area (Å²) in [5.74, 6) is 0.0849. The lowest BCUT2D eigenvalue weighted by molar-refractivity contribution is -0.143. The Hall–Kier alpha value is -4.56. The second-order valence-electron chi connectivity index (χ2n) is 15.1. The number of rotatable bonds is 11. The average molecular weight is 804 g/mol. The molecule has 4 aromatic rings. The van der Waals surface area contributed by atoms with Crippen molar-refractivity contribution in [2.45, 2.75) is 71.0 Å². The fourth-order valence-electron chi connectivity index (χ4n) is 8.30. The zero-order valence-electron chi connectivity index (χ0n) is 32.0. The molecule has 15 heteroatoms. The molecule has 1 saturated carbocycles. The molecule has 2 fully saturated rings. The predicted molar refractivity (Wildman–Crippen MR) is 215 cm³/mol. The Bertz CT molecular complexity index is 2110. The number of likely N-dealkylation sites (tertiary alicyclic amines) is 1. The lowest BCUT2D eigenvalue weighted by atomic mass is 9.81. The van der Waals surface area contributed by atoms with Crippen molar-refractivity contribution in [3.63, 3.8) is 0 Å². The Morgan fingerprint density at radius 2 is 1.71 bits per heavy atom. The van der Waals surface area contributed by atoms with Gasteiger partial charge in [0.15, 0.2) is 5.82 Å². The SMILES string of the molecule is COc1nc(-c2ccnc(-c3cccc(NC(=O)c4nc5c(n4C)CCN(CC4CCC(C(=O)O)CC4)C5)c3Cl)c2Cl)ccc1CNC1CCN(C(C)=O)CC1. The van der Waals surface area contributed by atoms with Crippen molar-refractivity contribution < 1.29 is 24.2 Å². The Labute approximate surface area is 336 Å². The van der Waals surface area contributed by atoms with Crippen LogP contribution in [0.4, 0.5) is 5.69 Å². The number of carbonyl (C=O) groups excluding carboxylic acids is 2. The van der Waals surface area contributed by atoms with Gasteiger partial charge in [-0.1, -0.05) is 41.4 Å². The third-order valence-corrected chi connectivity index (χ3v) is 12.4. The first-order valence-corrected chi connectivity index (χ1v) is 20.0. The van der Waals surface area contributed by atoms with Crippen molar-refractivity contribution in [1.82, 2.24) is 34.6 Å². The number of carbonyl (C=O) groups is 3. The summed E-state index contributed by atoms with van der Waals surface area (Å²) in [6.07, 6.45) is 7.51. The van der Waals surface area contributed by atoms with Crippen molar-refractivity contribution in [2.75, 3.05) is 38.6 Å². The number of methoxy groups -OCH3 is 1. The van der Waals surface area contributed by atoms with E-state index in [1.165, 1.54) is 0 Å². The zero-order valence-corrected chi connectivity index (χ0v) is 33.5. The summed E-state index contributed by atoms with van der Waals surface area (Å²) >= 11 is 14.0. The van der Waals surface area contributed by atoms with Crippen molar-refractivity contribution in [1.29, 1.82) is 0 Å². The summed E-state index contributed by atoms with van der Waals surface area (Å²) < 4.78 is 7.55. The molecule has 2 amide bonds. The number of aliphatic carboxylic acids is 1. The lowest BCUT2D eigenvalue weighted by Gasteiger charge is -2.33. The zero-order chi connectivity index (χ0) is 39.5. The average Bonchev–Trinajstić information content (AvgIpc) is 3.53. The van der Waals surface area contributed by atoms with E-state index in [2.05, 4.69) is 20.5 Å². The van der Waals surface area contributed by atoms with Crippen LogP contribution in [0.5, 0.6) is 5.88 Å². The molecule has 5 heterocycles. The smallest absolute Gasteiger partial charge is 0.306 e. The second kappa shape index (κ2) is 17.3. The summed E-state index contributed by atoms with van der Waals surface area (Å²) in [7, 11) is 3.46. The number of fused-ring (bicyclic) bond motifs is 1. The Morgan fingerprint density at radius 1 is 0.946 bits per heavy atom. The van der Waals surface area contributed by atoms with E-state index in [-0.39, 0.29) is 22.8 Å². The predicted octanol–water partition coefficient (Wildman–Crippen LogP) is 6.46. The minimum atomic E-state index is -0.686. The van der Waals surface area contributed by atoms with Crippen LogP contribution in [-0.4, -0.2) is 91.5 Å². The maximum atomic E-state index is 13.7. The van der Waals surface area contributed by atoms with Gasteiger partial charge in [0.25, 0.3) is 5.91 Å². The highest BCUT2D eigenvalue weighted by atomic mass is 35.5. The number of amides is 2. The van der Waals surface area contributed by atoms with Gasteiger partial charge in [-0.05, 0) is 62.6 Å². The third-order valence-electron chi connectivity index (χ3n) is 11.6. The Kier molecular flexibility index (Phi) is 12.2. The minimum Gasteiger partial charge on any atom is -0.481 e. The number of nitrogens with zero attached hydrogens (tertiary/aromatic N) is 6. The van der Waals surface area contributed by atoms with E-state index in [4.69, 9.17) is 37.9 Å². The van der Waals surface area contributed by atoms with Crippen LogP contribution in [0.1, 0.15) is 73.0 Å². The van der Waals surface area contributed by atoms with E-state index < -0.39 is 5.97 Å². The number of ether oxygens (including phenoxy) is 1. The van der Waals surface area contributed by atoms with E-state index in [1.807, 2.05) is 34.7 Å². The number of benzene rings is 1. The highest BCUT2D eigenvalue weighted by molar-refractivity contribution is 6.39. The van der Waals surface area contributed by atoms with Gasteiger partial charge in [0, 0.05) is 94.3 Å². The van der Waals surface area contributed by atoms with E-state index in [1.54, 1.807) is 38.4 Å². The van der Waals surface area contributed by atoms with Crippen LogP contribution in [0.3, 0.4) is 0 Å². The van der Waals surface area contributed by atoms with Crippen LogP contribution in [0.2, 0.25) is 10.0 Å². The van der Waals surface area contributed by atoms with Gasteiger partial charge >= 0.3 is 5.97 Å². The molecular weight excluding hydrogens is 755 g/mol. The molecular formula is C41H48Cl2N8O5. The van der Waals surface area contributed by atoms with Gasteiger partial charge in [0.2, 0.25) is 11.8 Å². The van der Waals surface area contributed by atoms with Gasteiger partial charge in [0.05, 0.1) is 45.8 Å². The molecule has 1 saturated heterocycles. The first-order valence-electron chi connectivity index (χ1n) is 19.3. The summed E-state index contributed by atoms with van der Waals surface area (Å²) in [6.45, 7) is 6.09. The maximum absolute atomic E-state index is 13.7. The monoisotopic (exact) mass is 802 g/mol. The number of piperidine rings is 1. The molecule has 0 radical (unpaired) electrons. The van der Waals surface area contributed by atoms with E-state index in [0.29, 0.717) is 70.0 Å². The van der Waals surface area contributed by atoms with Gasteiger partial charge in [-0.25, -0.2) is 9.97 Å². The molecule has 296 valence electrons. The van der Waals surface area contributed by atoms with Crippen molar-refractivity contribution in [3.8, 4) is 28.4 Å². The van der Waals surface area contributed by atoms with Crippen LogP contribution in [-0.2, 0) is 36.1 Å². The minimum absolute atomic E-state index is 0.114. The molecule has 1 aliphatic carbocycles. The van der Waals surface area contributed by atoms with Crippen LogP contribution >= 0.6 is 23.2 Å². The fourth-order valence-corrected chi connectivity index (χ4v) is 8.87. The van der Waals surface area contributed by atoms with Crippen LogP contribution in [0, 0.1) is 11.8 Å². The normalized spacial score (nSPS) is 19.1. The molecule has 13 nitrogen and oxygen atoms in total. The van der Waals surface area contributed by atoms with Crippen LogP contribution < -0.4 is 15.4 Å². The molecule has 0 spiro atoms. The molecule has 3 aromatic heterocycles. The second-order valence-corrected chi connectivity index (χ2v) is 15.9. The number of halogens is 2. The number of aromatic nitrogens is 4. The summed E-state index contributed by atoms with van der Waals surface area (Å²) in [4.78, 5) is 55.2. The molecule has 0 atom stereocenters. The number of carboxylic acid groups (broad SMARTS) is 1. The molecule has 0 unspecified atom stereocenters. The highest BCUT2D eigenvalue weighted by Gasteiger charge is 2.31. The molecule has 3 N–H and O–H groups in total. The largest absolute Gasteiger partial charge is 0.481 e. The van der Waals surface area contributed by atoms with Gasteiger partial charge in [-0.3, -0.25) is 24.3 Å². The number of hydrogen-bond donors (Lipinski definition) is 3. The number of imidazole rings is 1. The standard InChI is InChI=1S/C41H48Cl2N8O5/c1-24(52)51-19-14-28(15-20-51)45-21-27-11-12-31(48-40(27)56-3)29-13-17-44-37(36(29)43)30-5-4-6-32(35(30)42)47-39(53)38-46-33-23-50(18-16-34(33)49(38)2)22-25-7-9-26(10-8-25)41(54)55/h4-6,11-13,17,25-26,28,45H,7-10,14-16,18-23H2,1-3H3,(H,47,53)(H,54,55). The van der Waals surface area contributed by atoms with E-state index >= 15 is 0 Å². The maximum Gasteiger partial charge on any atom is 0.306 e. The van der Waals surface area contributed by atoms with Crippen LogP contribution in [0.25, 0.3) is 22.5 Å². The third kappa shape index (κ3) is 8.56. The fraction of sp³-hybridized carbons (Fsp3) is 0.463. The molecule has 1 aromatic carbocycles. The van der Waals surface area contributed by atoms with Gasteiger partial charge in [0.1, 0.15) is 0 Å². The number of nitrogens with one attached hydrogen (secondary N) is 2. The summed E-state index contributed by atoms with van der Waals surface area (Å²) in [6, 6.07) is 11.3. The quantitative estimate of drug-likeness (QED) is 0.154. The topological polar surface area (TPSA) is 155 Å². The lowest BCUT2D eigenvalue weighted by Crippen LogP contribution is -2.44. The first kappa shape index (κ1) is 39.7. The van der Waals surface area contributed by atoms with Crippen molar-refractivity contribution in [3.05, 3.63) is 75.4 Å². The van der Waals surface area contributed by atoms with E-state index in [9.17, 15) is 19.5 Å². The Morgan fingerprint density at radius 3 is 2.43 bits per heavy atom. The molecule has 7 rings (SSSR count). The number of pyridine rings is 2. The van der Waals surface area contributed by atoms with Crippen LogP contribution in [0.15, 0.2) is 42.6 Å². The number of anilines is 1. The van der Waals surface area contributed by atoms with Gasteiger partial charge in [-0.15, -0.1) is 0 Å². The van der Waals surface area contributed by atoms with Crippen molar-refractivity contribution >= 4 is 46.7 Å². The van der Waals surface area contributed by atoms with E-state index in [0.717, 1.165) is 88.1 Å². The molecule has 2 aliphatic heterocycles. The molecule has 0 bridgehead atoms. The first-order chi connectivity index (χ1) is 27.0. The Balaban J connectivity index is 1.03. The number of hydrogen-bond acceptors (Lipinski definition) is 9. The highest BCUT2D eigenvalue weighted by Crippen LogP contribution is 2.40. The molecule has 3 aliphatic rings. The summed E-state index contributed by atoms with van der Waals surface area (Å²) in [5, 5.41) is 16.5. The number of carboxylic acids is 1. The van der Waals surface area contributed by atoms with Crippen molar-refractivity contribution in [2.24, 2.45) is 18.9 Å². The molecule has 56 heavy (non-hydrogen) atoms. The van der Waals surface area contributed by atoms with Gasteiger partial charge in [-0.2, -0.15) is 0 Å². The van der Waals surface area contributed by atoms with Gasteiger partial charge < -0.3 is 29.9 Å². The summed E-state index contributed by atoms with van der Waals surface area (Å²) in [5.41, 5.74) is 5.48.